The maximum Gasteiger partial charge on any atom is 0.335 e. The number of aliphatic carboxylic acids is 1. The summed E-state index contributed by atoms with van der Waals surface area (Å²) in [5.41, 5.74) is 4.36. The fourth-order valence-corrected chi connectivity index (χ4v) is 8.74. The fourth-order valence-electron chi connectivity index (χ4n) is 7.27. The normalized spacial score (nSPS) is 17.4. The largest absolute Gasteiger partial charge is 0.481 e. The maximum atomic E-state index is 13.9. The van der Waals surface area contributed by atoms with Crippen molar-refractivity contribution >= 4 is 50.8 Å². The third-order valence-electron chi connectivity index (χ3n) is 10.7. The molecule has 13 heteroatoms. The van der Waals surface area contributed by atoms with E-state index >= 15 is 0 Å². The van der Waals surface area contributed by atoms with Gasteiger partial charge in [0.25, 0.3) is 11.8 Å². The number of piperidine rings is 1. The molecule has 0 unspecified atom stereocenters. The summed E-state index contributed by atoms with van der Waals surface area (Å²) in [5.74, 6) is -3.31. The Kier molecular flexibility index (Phi) is 12.3. The van der Waals surface area contributed by atoms with Crippen molar-refractivity contribution in [2.45, 2.75) is 68.7 Å². The lowest BCUT2D eigenvalue weighted by Crippen LogP contribution is -2.40. The van der Waals surface area contributed by atoms with Crippen molar-refractivity contribution in [3.05, 3.63) is 119 Å². The summed E-state index contributed by atoms with van der Waals surface area (Å²) in [6, 6.07) is 25.0. The highest BCUT2D eigenvalue weighted by atomic mass is 32.2. The molecule has 55 heavy (non-hydrogen) atoms. The number of sulfonamides is 1. The quantitative estimate of drug-likeness (QED) is 0.113. The molecule has 1 saturated carbocycles. The number of aryl methyl sites for hydroxylation is 2. The number of nitrogens with one attached hydrogen (secondary N) is 2. The van der Waals surface area contributed by atoms with Gasteiger partial charge < -0.3 is 25.7 Å². The van der Waals surface area contributed by atoms with E-state index in [0.717, 1.165) is 62.0 Å². The van der Waals surface area contributed by atoms with Crippen LogP contribution in [0.25, 0.3) is 0 Å². The van der Waals surface area contributed by atoms with Crippen molar-refractivity contribution in [3.63, 3.8) is 0 Å². The van der Waals surface area contributed by atoms with Crippen LogP contribution in [0.1, 0.15) is 87.1 Å². The van der Waals surface area contributed by atoms with Gasteiger partial charge in [0.15, 0.2) is 0 Å². The summed E-state index contributed by atoms with van der Waals surface area (Å²) in [6.45, 7) is 1.71. The summed E-state index contributed by atoms with van der Waals surface area (Å²) >= 11 is 0. The molecule has 2 amide bonds. The van der Waals surface area contributed by atoms with Gasteiger partial charge in [-0.3, -0.25) is 14.4 Å². The van der Waals surface area contributed by atoms with E-state index in [1.165, 1.54) is 35.6 Å². The van der Waals surface area contributed by atoms with Crippen molar-refractivity contribution in [2.75, 3.05) is 35.7 Å². The molecule has 4 aromatic rings. The van der Waals surface area contributed by atoms with Gasteiger partial charge in [0.1, 0.15) is 0 Å². The minimum atomic E-state index is -3.99. The Morgan fingerprint density at radius 1 is 0.727 bits per heavy atom. The zero-order chi connectivity index (χ0) is 39.1. The first-order valence-corrected chi connectivity index (χ1v) is 20.1. The highest BCUT2D eigenvalue weighted by Crippen LogP contribution is 2.31. The number of hydrogen-bond donors (Lipinski definition) is 4. The SMILES string of the molecule is CN([C@H]1CC[C@H](C(=O)O)CC1)S(=O)(=O)c1cccc(C(=O)Nc2ccc(N3CCCCC3)cc2C(=O)Nc2ccc(CCc3ccc(C(=O)O)cc3)cc2)c1. The predicted octanol–water partition coefficient (Wildman–Crippen LogP) is 6.93. The molecule has 1 saturated heterocycles. The molecular formula is C42H46N4O8S. The van der Waals surface area contributed by atoms with Crippen LogP contribution in [0, 0.1) is 5.92 Å². The molecule has 0 bridgehead atoms. The van der Waals surface area contributed by atoms with Gasteiger partial charge in [-0.15, -0.1) is 0 Å². The molecule has 1 heterocycles. The van der Waals surface area contributed by atoms with Crippen molar-refractivity contribution in [3.8, 4) is 0 Å². The highest BCUT2D eigenvalue weighted by Gasteiger charge is 2.34. The molecule has 1 aliphatic carbocycles. The van der Waals surface area contributed by atoms with Crippen molar-refractivity contribution < 1.29 is 37.8 Å². The van der Waals surface area contributed by atoms with Crippen molar-refractivity contribution in [2.24, 2.45) is 5.92 Å². The van der Waals surface area contributed by atoms with Crippen LogP contribution < -0.4 is 15.5 Å². The van der Waals surface area contributed by atoms with Gasteiger partial charge in [-0.25, -0.2) is 13.2 Å². The second-order valence-corrected chi connectivity index (χ2v) is 16.3. The fraction of sp³-hybridized carbons (Fsp3) is 0.333. The number of benzene rings is 4. The van der Waals surface area contributed by atoms with Crippen LogP contribution >= 0.6 is 0 Å². The monoisotopic (exact) mass is 766 g/mol. The number of hydrogen-bond acceptors (Lipinski definition) is 7. The first-order valence-electron chi connectivity index (χ1n) is 18.6. The van der Waals surface area contributed by atoms with E-state index in [-0.39, 0.29) is 33.3 Å². The van der Waals surface area contributed by atoms with Crippen LogP contribution in [-0.2, 0) is 27.7 Å². The van der Waals surface area contributed by atoms with Gasteiger partial charge in [-0.1, -0.05) is 30.3 Å². The number of nitrogens with zero attached hydrogens (tertiary/aromatic N) is 2. The average Bonchev–Trinajstić information content (AvgIpc) is 3.21. The summed E-state index contributed by atoms with van der Waals surface area (Å²) in [4.78, 5) is 52.3. The van der Waals surface area contributed by atoms with Crippen molar-refractivity contribution in [1.29, 1.82) is 0 Å². The number of amides is 2. The van der Waals surface area contributed by atoms with Gasteiger partial charge in [0, 0.05) is 43.1 Å². The predicted molar refractivity (Wildman–Crippen MR) is 210 cm³/mol. The first-order chi connectivity index (χ1) is 26.4. The lowest BCUT2D eigenvalue weighted by Gasteiger charge is -2.32. The van der Waals surface area contributed by atoms with Crippen LogP contribution in [-0.4, -0.2) is 72.9 Å². The van der Waals surface area contributed by atoms with Crippen LogP contribution in [0.3, 0.4) is 0 Å². The van der Waals surface area contributed by atoms with E-state index < -0.39 is 39.7 Å². The third-order valence-corrected chi connectivity index (χ3v) is 12.6. The minimum absolute atomic E-state index is 0.0547. The van der Waals surface area contributed by atoms with Gasteiger partial charge in [0.2, 0.25) is 10.0 Å². The minimum Gasteiger partial charge on any atom is -0.481 e. The van der Waals surface area contributed by atoms with Crippen LogP contribution in [0.15, 0.2) is 95.9 Å². The number of carboxylic acids is 2. The van der Waals surface area contributed by atoms with Gasteiger partial charge in [-0.05, 0) is 130 Å². The Morgan fingerprint density at radius 2 is 1.36 bits per heavy atom. The van der Waals surface area contributed by atoms with Crippen LogP contribution in [0.5, 0.6) is 0 Å². The molecule has 4 aromatic carbocycles. The van der Waals surface area contributed by atoms with E-state index in [1.54, 1.807) is 24.3 Å². The average molecular weight is 767 g/mol. The van der Waals surface area contributed by atoms with E-state index in [9.17, 15) is 32.7 Å². The summed E-state index contributed by atoms with van der Waals surface area (Å²) in [7, 11) is -2.50. The number of carboxylic acid groups (broad SMARTS) is 2. The number of aromatic carboxylic acids is 1. The molecule has 288 valence electrons. The molecule has 4 N–H and O–H groups in total. The van der Waals surface area contributed by atoms with Crippen LogP contribution in [0.2, 0.25) is 0 Å². The Morgan fingerprint density at radius 3 is 1.98 bits per heavy atom. The number of carbonyl (C=O) groups is 4. The van der Waals surface area contributed by atoms with Gasteiger partial charge in [0.05, 0.1) is 27.6 Å². The zero-order valence-corrected chi connectivity index (χ0v) is 31.6. The summed E-state index contributed by atoms with van der Waals surface area (Å²) in [6.07, 6.45) is 6.32. The third kappa shape index (κ3) is 9.59. The highest BCUT2D eigenvalue weighted by molar-refractivity contribution is 7.89. The molecule has 0 radical (unpaired) electrons. The maximum absolute atomic E-state index is 13.9. The smallest absolute Gasteiger partial charge is 0.335 e. The number of rotatable bonds is 13. The number of anilines is 3. The van der Waals surface area contributed by atoms with E-state index in [4.69, 9.17) is 5.11 Å². The van der Waals surface area contributed by atoms with Gasteiger partial charge >= 0.3 is 11.9 Å². The Bertz CT molecular complexity index is 2140. The first kappa shape index (κ1) is 39.2. The summed E-state index contributed by atoms with van der Waals surface area (Å²) in [5, 5.41) is 24.3. The molecule has 0 atom stereocenters. The van der Waals surface area contributed by atoms with E-state index in [1.807, 2.05) is 42.5 Å². The molecular weight excluding hydrogens is 721 g/mol. The van der Waals surface area contributed by atoms with Crippen LogP contribution in [0.4, 0.5) is 17.1 Å². The number of carbonyl (C=O) groups excluding carboxylic acids is 2. The molecule has 1 aliphatic heterocycles. The molecule has 2 aliphatic rings. The second kappa shape index (κ2) is 17.3. The lowest BCUT2D eigenvalue weighted by atomic mass is 9.86. The molecule has 0 spiro atoms. The Labute approximate surface area is 321 Å². The Balaban J connectivity index is 1.16. The van der Waals surface area contributed by atoms with Gasteiger partial charge in [-0.2, -0.15) is 4.31 Å². The lowest BCUT2D eigenvalue weighted by molar-refractivity contribution is -0.143. The molecule has 12 nitrogen and oxygen atoms in total. The molecule has 2 fully saturated rings. The second-order valence-electron chi connectivity index (χ2n) is 14.3. The molecule has 6 rings (SSSR count). The Hall–Kier alpha value is -5.53. The summed E-state index contributed by atoms with van der Waals surface area (Å²) < 4.78 is 28.6. The standard InChI is InChI=1S/C42H46N4O8S/c1-45(34-20-16-31(17-21-34)42(51)52)55(53,54)36-7-5-6-32(26-36)39(47)44-38-23-22-35(46-24-3-2-4-25-46)27-37(38)40(48)43-33-18-12-29(13-19-33)9-8-28-10-14-30(15-11-28)41(49)50/h5-7,10-15,18-19,22-23,26-27,31,34H,2-4,8-9,16-17,20-21,24-25H2,1H3,(H,43,48)(H,44,47)(H,49,50)(H,51,52)/t31-,34-. The van der Waals surface area contributed by atoms with E-state index in [0.29, 0.717) is 31.4 Å². The zero-order valence-electron chi connectivity index (χ0n) is 30.7. The van der Waals surface area contributed by atoms with E-state index in [2.05, 4.69) is 15.5 Å². The molecule has 0 aromatic heterocycles. The van der Waals surface area contributed by atoms with Crippen molar-refractivity contribution in [1.82, 2.24) is 4.31 Å². The topological polar surface area (TPSA) is 173 Å².